The Hall–Kier alpha value is -0.850. The first-order valence-corrected chi connectivity index (χ1v) is 3.41. The second-order valence-corrected chi connectivity index (χ2v) is 2.43. The van der Waals surface area contributed by atoms with Crippen LogP contribution in [0.2, 0.25) is 0 Å². The van der Waals surface area contributed by atoms with Crippen molar-refractivity contribution in [1.82, 2.24) is 0 Å². The lowest BCUT2D eigenvalue weighted by molar-refractivity contribution is 1.23. The molecule has 0 aromatic heterocycles. The molecule has 0 aromatic carbocycles. The third kappa shape index (κ3) is 5.29. The molecule has 0 rings (SSSR count). The van der Waals surface area contributed by atoms with E-state index in [4.69, 9.17) is 0 Å². The smallest absolute Gasteiger partial charge is 0.0310 e. The van der Waals surface area contributed by atoms with Gasteiger partial charge in [-0.25, -0.2) is 0 Å². The summed E-state index contributed by atoms with van der Waals surface area (Å²) >= 11 is 0. The van der Waals surface area contributed by atoms with E-state index >= 15 is 0 Å². The highest BCUT2D eigenvalue weighted by atomic mass is 14.7. The number of allylic oxidation sites excluding steroid dienone is 3. The molecule has 0 saturated heterocycles. The predicted octanol–water partition coefficient (Wildman–Crippen LogP) is 2.60. The Morgan fingerprint density at radius 3 is 2.50 bits per heavy atom. The van der Waals surface area contributed by atoms with Crippen LogP contribution in [0.5, 0.6) is 0 Å². The van der Waals surface area contributed by atoms with Crippen LogP contribution < -0.4 is 0 Å². The molecule has 10 heavy (non-hydrogen) atoms. The van der Waals surface area contributed by atoms with Crippen molar-refractivity contribution in [3.05, 3.63) is 24.3 Å². The van der Waals surface area contributed by atoms with Crippen molar-refractivity contribution in [3.8, 4) is 0 Å². The van der Waals surface area contributed by atoms with E-state index in [0.717, 1.165) is 12.1 Å². The van der Waals surface area contributed by atoms with Crippen LogP contribution in [-0.2, 0) is 0 Å². The molecule has 0 aromatic rings. The minimum atomic E-state index is 0.951. The maximum absolute atomic E-state index is 3.99. The lowest BCUT2D eigenvalue weighted by atomic mass is 10.2. The molecule has 56 valence electrons. The summed E-state index contributed by atoms with van der Waals surface area (Å²) in [6.07, 6.45) is 5.03. The topological polar surface area (TPSA) is 12.4 Å². The molecule has 0 amide bonds. The second-order valence-electron chi connectivity index (χ2n) is 2.43. The summed E-state index contributed by atoms with van der Waals surface area (Å²) in [4.78, 5) is 3.99. The normalized spacial score (nSPS) is 12.5. The molecule has 0 heterocycles. The summed E-state index contributed by atoms with van der Waals surface area (Å²) < 4.78 is 0. The van der Waals surface area contributed by atoms with Crippen LogP contribution in [0, 0.1) is 0 Å². The maximum atomic E-state index is 3.99. The van der Waals surface area contributed by atoms with E-state index in [1.54, 1.807) is 7.05 Å². The molecule has 0 spiro atoms. The standard InChI is InChI=1S/C9H15N/c1-8(2)6-5-7-9(3)10-4/h5,7H,1,6H2,2-4H3/b7-5-,10-9?. The van der Waals surface area contributed by atoms with Gasteiger partial charge in [-0.15, -0.1) is 0 Å². The minimum Gasteiger partial charge on any atom is -0.293 e. The predicted molar refractivity (Wildman–Crippen MR) is 47.6 cm³/mol. The average Bonchev–Trinajstić information content (AvgIpc) is 1.87. The van der Waals surface area contributed by atoms with Gasteiger partial charge in [0.25, 0.3) is 0 Å². The van der Waals surface area contributed by atoms with E-state index < -0.39 is 0 Å². The van der Waals surface area contributed by atoms with Crippen LogP contribution in [0.25, 0.3) is 0 Å². The molecular formula is C9H15N. The number of hydrogen-bond acceptors (Lipinski definition) is 1. The monoisotopic (exact) mass is 137 g/mol. The third-order valence-electron chi connectivity index (χ3n) is 1.18. The van der Waals surface area contributed by atoms with Gasteiger partial charge in [0, 0.05) is 12.8 Å². The van der Waals surface area contributed by atoms with Crippen LogP contribution in [0.1, 0.15) is 20.3 Å². The Kier molecular flexibility index (Phi) is 4.55. The quantitative estimate of drug-likeness (QED) is 0.419. The third-order valence-corrected chi connectivity index (χ3v) is 1.18. The van der Waals surface area contributed by atoms with Crippen LogP contribution in [-0.4, -0.2) is 12.8 Å². The Morgan fingerprint density at radius 2 is 2.10 bits per heavy atom. The largest absolute Gasteiger partial charge is 0.293 e. The molecular weight excluding hydrogens is 122 g/mol. The Bertz CT molecular complexity index is 164. The van der Waals surface area contributed by atoms with Crippen molar-refractivity contribution in [1.29, 1.82) is 0 Å². The number of aliphatic imine (C=N–C) groups is 1. The molecule has 0 fully saturated rings. The molecule has 0 atom stereocenters. The van der Waals surface area contributed by atoms with Gasteiger partial charge in [0.15, 0.2) is 0 Å². The molecule has 0 unspecified atom stereocenters. The second kappa shape index (κ2) is 4.98. The summed E-state index contributed by atoms with van der Waals surface area (Å²) in [5, 5.41) is 0. The molecule has 0 aliphatic rings. The van der Waals surface area contributed by atoms with E-state index in [-0.39, 0.29) is 0 Å². The maximum Gasteiger partial charge on any atom is 0.0310 e. The first-order chi connectivity index (χ1) is 4.66. The molecule has 0 N–H and O–H groups in total. The van der Waals surface area contributed by atoms with E-state index in [0.29, 0.717) is 0 Å². The van der Waals surface area contributed by atoms with Crippen molar-refractivity contribution in [2.75, 3.05) is 7.05 Å². The van der Waals surface area contributed by atoms with E-state index in [1.165, 1.54) is 5.57 Å². The Balaban J connectivity index is 3.67. The molecule has 0 radical (unpaired) electrons. The van der Waals surface area contributed by atoms with Crippen molar-refractivity contribution in [3.63, 3.8) is 0 Å². The zero-order valence-electron chi connectivity index (χ0n) is 7.02. The zero-order valence-corrected chi connectivity index (χ0v) is 7.02. The van der Waals surface area contributed by atoms with Gasteiger partial charge in [-0.05, 0) is 26.3 Å². The van der Waals surface area contributed by atoms with Crippen LogP contribution in [0.4, 0.5) is 0 Å². The fraction of sp³-hybridized carbons (Fsp3) is 0.444. The SMILES string of the molecule is C=C(C)C/C=C\C(C)=NC. The summed E-state index contributed by atoms with van der Waals surface area (Å²) in [5.41, 5.74) is 2.24. The summed E-state index contributed by atoms with van der Waals surface area (Å²) in [7, 11) is 1.79. The highest BCUT2D eigenvalue weighted by Gasteiger charge is 1.80. The first-order valence-electron chi connectivity index (χ1n) is 3.41. The fourth-order valence-corrected chi connectivity index (χ4v) is 0.505. The number of rotatable bonds is 3. The number of hydrogen-bond donors (Lipinski definition) is 0. The minimum absolute atomic E-state index is 0.951. The van der Waals surface area contributed by atoms with Gasteiger partial charge < -0.3 is 0 Å². The number of nitrogens with zero attached hydrogens (tertiary/aromatic N) is 1. The van der Waals surface area contributed by atoms with Crippen molar-refractivity contribution >= 4 is 5.71 Å². The van der Waals surface area contributed by atoms with Crippen LogP contribution >= 0.6 is 0 Å². The van der Waals surface area contributed by atoms with Gasteiger partial charge in [-0.1, -0.05) is 18.2 Å². The zero-order chi connectivity index (χ0) is 7.98. The van der Waals surface area contributed by atoms with Crippen LogP contribution in [0.15, 0.2) is 29.3 Å². The summed E-state index contributed by atoms with van der Waals surface area (Å²) in [6.45, 7) is 7.78. The van der Waals surface area contributed by atoms with Gasteiger partial charge in [-0.2, -0.15) is 0 Å². The molecule has 0 bridgehead atoms. The first kappa shape index (κ1) is 9.15. The summed E-state index contributed by atoms with van der Waals surface area (Å²) in [5.74, 6) is 0. The molecule has 0 aliphatic heterocycles. The molecule has 0 aliphatic carbocycles. The Morgan fingerprint density at radius 1 is 1.50 bits per heavy atom. The highest BCUT2D eigenvalue weighted by molar-refractivity contribution is 5.92. The van der Waals surface area contributed by atoms with E-state index in [1.807, 2.05) is 19.9 Å². The van der Waals surface area contributed by atoms with Crippen molar-refractivity contribution in [2.24, 2.45) is 4.99 Å². The van der Waals surface area contributed by atoms with Gasteiger partial charge in [0.1, 0.15) is 0 Å². The van der Waals surface area contributed by atoms with Gasteiger partial charge >= 0.3 is 0 Å². The fourth-order valence-electron chi connectivity index (χ4n) is 0.505. The van der Waals surface area contributed by atoms with Crippen molar-refractivity contribution < 1.29 is 0 Å². The lowest BCUT2D eigenvalue weighted by Gasteiger charge is -1.89. The van der Waals surface area contributed by atoms with Crippen molar-refractivity contribution in [2.45, 2.75) is 20.3 Å². The lowest BCUT2D eigenvalue weighted by Crippen LogP contribution is -1.81. The molecule has 1 heteroatoms. The summed E-state index contributed by atoms with van der Waals surface area (Å²) in [6, 6.07) is 0. The van der Waals surface area contributed by atoms with Gasteiger partial charge in [0.2, 0.25) is 0 Å². The average molecular weight is 137 g/mol. The van der Waals surface area contributed by atoms with E-state index in [9.17, 15) is 0 Å². The molecule has 1 nitrogen and oxygen atoms in total. The van der Waals surface area contributed by atoms with Gasteiger partial charge in [-0.3, -0.25) is 4.99 Å². The molecule has 0 saturated carbocycles. The van der Waals surface area contributed by atoms with E-state index in [2.05, 4.69) is 17.6 Å². The van der Waals surface area contributed by atoms with Crippen LogP contribution in [0.3, 0.4) is 0 Å². The van der Waals surface area contributed by atoms with Gasteiger partial charge in [0.05, 0.1) is 0 Å². The highest BCUT2D eigenvalue weighted by Crippen LogP contribution is 1.95. The Labute approximate surface area is 63.2 Å².